The summed E-state index contributed by atoms with van der Waals surface area (Å²) in [6.45, 7) is 0. The summed E-state index contributed by atoms with van der Waals surface area (Å²) in [6, 6.07) is 12.7. The normalized spacial score (nSPS) is 11.2. The van der Waals surface area contributed by atoms with E-state index in [1.165, 1.54) is 4.68 Å². The van der Waals surface area contributed by atoms with Gasteiger partial charge in [-0.2, -0.15) is 0 Å². The van der Waals surface area contributed by atoms with E-state index < -0.39 is 0 Å². The number of halogens is 1. The molecule has 0 spiro atoms. The Hall–Kier alpha value is -2.79. The number of ether oxygens (including phenoxy) is 1. The van der Waals surface area contributed by atoms with Crippen molar-refractivity contribution in [2.45, 2.75) is 0 Å². The number of hydrogen-bond acceptors (Lipinski definition) is 3. The molecule has 23 heavy (non-hydrogen) atoms. The van der Waals surface area contributed by atoms with Crippen LogP contribution in [-0.4, -0.2) is 21.9 Å². The zero-order valence-electron chi connectivity index (χ0n) is 12.2. The number of nitrogens with one attached hydrogen (secondary N) is 1. The first-order valence-electron chi connectivity index (χ1n) is 7.01. The van der Waals surface area contributed by atoms with Crippen molar-refractivity contribution in [3.05, 3.63) is 64.0 Å². The van der Waals surface area contributed by atoms with Crippen LogP contribution in [0.25, 0.3) is 27.5 Å². The molecule has 6 heteroatoms. The van der Waals surface area contributed by atoms with Crippen molar-refractivity contribution in [1.82, 2.24) is 14.8 Å². The molecular formula is C17H12ClN3O2. The van der Waals surface area contributed by atoms with E-state index in [1.807, 2.05) is 24.3 Å². The largest absolute Gasteiger partial charge is 0.497 e. The Morgan fingerprint density at radius 3 is 2.87 bits per heavy atom. The third kappa shape index (κ3) is 2.17. The second-order valence-corrected chi connectivity index (χ2v) is 5.60. The average Bonchev–Trinajstić information content (AvgIpc) is 2.92. The molecule has 0 aliphatic carbocycles. The summed E-state index contributed by atoms with van der Waals surface area (Å²) in [7, 11) is 1.59. The zero-order chi connectivity index (χ0) is 16.0. The Kier molecular flexibility index (Phi) is 3.09. The molecule has 4 rings (SSSR count). The number of aromatic amines is 1. The fraction of sp³-hybridized carbons (Fsp3) is 0.0588. The molecule has 0 fully saturated rings. The van der Waals surface area contributed by atoms with E-state index in [9.17, 15) is 4.79 Å². The quantitative estimate of drug-likeness (QED) is 0.613. The number of hydrogen-bond donors (Lipinski definition) is 1. The van der Waals surface area contributed by atoms with E-state index >= 15 is 0 Å². The Bertz CT molecular complexity index is 1100. The fourth-order valence-corrected chi connectivity index (χ4v) is 2.83. The summed E-state index contributed by atoms with van der Waals surface area (Å²) in [6.07, 6.45) is 1.58. The van der Waals surface area contributed by atoms with Gasteiger partial charge in [0.1, 0.15) is 5.75 Å². The fourth-order valence-electron chi connectivity index (χ4n) is 2.66. The van der Waals surface area contributed by atoms with Gasteiger partial charge in [-0.15, -0.1) is 0 Å². The van der Waals surface area contributed by atoms with Crippen LogP contribution in [0.5, 0.6) is 5.75 Å². The van der Waals surface area contributed by atoms with Gasteiger partial charge in [-0.05, 0) is 30.3 Å². The van der Waals surface area contributed by atoms with E-state index in [1.54, 1.807) is 31.5 Å². The molecule has 0 amide bonds. The first-order chi connectivity index (χ1) is 11.2. The maximum atomic E-state index is 12.7. The van der Waals surface area contributed by atoms with Gasteiger partial charge in [-0.1, -0.05) is 17.7 Å². The van der Waals surface area contributed by atoms with Crippen LogP contribution in [0, 0.1) is 0 Å². The van der Waals surface area contributed by atoms with E-state index in [0.717, 1.165) is 10.9 Å². The lowest BCUT2D eigenvalue weighted by Crippen LogP contribution is -2.14. The van der Waals surface area contributed by atoms with Gasteiger partial charge in [0.2, 0.25) is 0 Å². The molecule has 4 aromatic rings. The van der Waals surface area contributed by atoms with Crippen LogP contribution in [0.15, 0.2) is 53.5 Å². The molecule has 2 aromatic heterocycles. The highest BCUT2D eigenvalue weighted by atomic mass is 35.5. The van der Waals surface area contributed by atoms with Gasteiger partial charge >= 0.3 is 0 Å². The van der Waals surface area contributed by atoms with Gasteiger partial charge in [0.05, 0.1) is 29.2 Å². The van der Waals surface area contributed by atoms with Gasteiger partial charge in [-0.3, -0.25) is 14.9 Å². The minimum absolute atomic E-state index is 0.164. The Labute approximate surface area is 136 Å². The SMILES string of the molecule is COc1cccc(-n2[nH]c3c(cnc4ccc(Cl)cc43)c2=O)c1. The molecule has 2 aromatic carbocycles. The molecule has 0 bridgehead atoms. The molecule has 114 valence electrons. The lowest BCUT2D eigenvalue weighted by atomic mass is 10.2. The van der Waals surface area contributed by atoms with E-state index in [0.29, 0.717) is 27.4 Å². The number of rotatable bonds is 2. The Morgan fingerprint density at radius 1 is 1.17 bits per heavy atom. The zero-order valence-corrected chi connectivity index (χ0v) is 13.0. The van der Waals surface area contributed by atoms with E-state index in [4.69, 9.17) is 16.3 Å². The lowest BCUT2D eigenvalue weighted by Gasteiger charge is -2.04. The number of aromatic nitrogens is 3. The van der Waals surface area contributed by atoms with Crippen LogP contribution >= 0.6 is 11.6 Å². The monoisotopic (exact) mass is 325 g/mol. The van der Waals surface area contributed by atoms with Crippen molar-refractivity contribution in [2.75, 3.05) is 7.11 Å². The van der Waals surface area contributed by atoms with Gasteiger partial charge in [0.25, 0.3) is 5.56 Å². The van der Waals surface area contributed by atoms with E-state index in [2.05, 4.69) is 10.1 Å². The average molecular weight is 326 g/mol. The number of pyridine rings is 1. The van der Waals surface area contributed by atoms with Crippen LogP contribution < -0.4 is 10.3 Å². The molecule has 5 nitrogen and oxygen atoms in total. The topological polar surface area (TPSA) is 59.9 Å². The third-order valence-electron chi connectivity index (χ3n) is 3.80. The van der Waals surface area contributed by atoms with Gasteiger partial charge < -0.3 is 4.74 Å². The number of nitrogens with zero attached hydrogens (tertiary/aromatic N) is 2. The predicted octanol–water partition coefficient (Wildman–Crippen LogP) is 3.53. The minimum atomic E-state index is -0.164. The van der Waals surface area contributed by atoms with Crippen LogP contribution in [0.2, 0.25) is 5.02 Å². The first-order valence-corrected chi connectivity index (χ1v) is 7.38. The van der Waals surface area contributed by atoms with Crippen LogP contribution in [-0.2, 0) is 0 Å². The summed E-state index contributed by atoms with van der Waals surface area (Å²) < 4.78 is 6.70. The van der Waals surface area contributed by atoms with Gasteiger partial charge in [-0.25, -0.2) is 4.68 Å². The number of benzene rings is 2. The standard InChI is InChI=1S/C17H12ClN3O2/c1-23-12-4-2-3-11(8-12)21-17(22)14-9-19-15-6-5-10(18)7-13(15)16(14)20-21/h2-9,20H,1H3. The summed E-state index contributed by atoms with van der Waals surface area (Å²) in [5, 5.41) is 5.08. The van der Waals surface area contributed by atoms with Crippen LogP contribution in [0.1, 0.15) is 0 Å². The van der Waals surface area contributed by atoms with Gasteiger partial charge in [0.15, 0.2) is 0 Å². The second kappa shape index (κ2) is 5.14. The van der Waals surface area contributed by atoms with Crippen molar-refractivity contribution < 1.29 is 4.74 Å². The van der Waals surface area contributed by atoms with Crippen molar-refractivity contribution in [2.24, 2.45) is 0 Å². The molecule has 0 aliphatic heterocycles. The highest BCUT2D eigenvalue weighted by molar-refractivity contribution is 6.31. The summed E-state index contributed by atoms with van der Waals surface area (Å²) >= 11 is 6.08. The van der Waals surface area contributed by atoms with Crippen molar-refractivity contribution in [3.8, 4) is 11.4 Å². The molecule has 0 aliphatic rings. The second-order valence-electron chi connectivity index (χ2n) is 5.16. The number of fused-ring (bicyclic) bond motifs is 3. The number of methoxy groups -OCH3 is 1. The molecular weight excluding hydrogens is 314 g/mol. The number of H-pyrrole nitrogens is 1. The molecule has 0 saturated carbocycles. The summed E-state index contributed by atoms with van der Waals surface area (Å²) in [4.78, 5) is 17.0. The Morgan fingerprint density at radius 2 is 2.04 bits per heavy atom. The molecule has 0 atom stereocenters. The lowest BCUT2D eigenvalue weighted by molar-refractivity contribution is 0.414. The predicted molar refractivity (Wildman–Crippen MR) is 90.8 cm³/mol. The smallest absolute Gasteiger partial charge is 0.280 e. The summed E-state index contributed by atoms with van der Waals surface area (Å²) in [5.74, 6) is 0.680. The highest BCUT2D eigenvalue weighted by Crippen LogP contribution is 2.24. The first kappa shape index (κ1) is 13.8. The van der Waals surface area contributed by atoms with Crippen molar-refractivity contribution in [3.63, 3.8) is 0 Å². The van der Waals surface area contributed by atoms with Gasteiger partial charge in [0, 0.05) is 22.7 Å². The van der Waals surface area contributed by atoms with Crippen molar-refractivity contribution >= 4 is 33.4 Å². The maximum absolute atomic E-state index is 12.7. The molecule has 0 unspecified atom stereocenters. The maximum Gasteiger partial charge on any atom is 0.280 e. The summed E-state index contributed by atoms with van der Waals surface area (Å²) in [5.41, 5.74) is 2.02. The minimum Gasteiger partial charge on any atom is -0.497 e. The highest BCUT2D eigenvalue weighted by Gasteiger charge is 2.12. The third-order valence-corrected chi connectivity index (χ3v) is 4.03. The molecule has 1 N–H and O–H groups in total. The molecule has 0 saturated heterocycles. The van der Waals surface area contributed by atoms with Crippen LogP contribution in [0.3, 0.4) is 0 Å². The molecule has 2 heterocycles. The van der Waals surface area contributed by atoms with Crippen molar-refractivity contribution in [1.29, 1.82) is 0 Å². The Balaban J connectivity index is 2.05. The molecule has 0 radical (unpaired) electrons. The van der Waals surface area contributed by atoms with E-state index in [-0.39, 0.29) is 5.56 Å². The van der Waals surface area contributed by atoms with Crippen LogP contribution in [0.4, 0.5) is 0 Å².